The molecule has 106 valence electrons. The van der Waals surface area contributed by atoms with E-state index in [0.717, 1.165) is 36.3 Å². The maximum absolute atomic E-state index is 12.3. The molecule has 1 aromatic carbocycles. The summed E-state index contributed by atoms with van der Waals surface area (Å²) in [7, 11) is 0. The number of carbonyl (C=O) groups excluding carboxylic acids is 2. The lowest BCUT2D eigenvalue weighted by Crippen LogP contribution is -2.37. The van der Waals surface area contributed by atoms with E-state index < -0.39 is 0 Å². The second-order valence-electron chi connectivity index (χ2n) is 5.51. The van der Waals surface area contributed by atoms with E-state index in [0.29, 0.717) is 38.3 Å². The normalized spacial score (nSPS) is 19.3. The summed E-state index contributed by atoms with van der Waals surface area (Å²) in [6, 6.07) is 5.72. The van der Waals surface area contributed by atoms with Crippen LogP contribution in [0.2, 0.25) is 0 Å². The van der Waals surface area contributed by atoms with Gasteiger partial charge >= 0.3 is 0 Å². The number of piperidine rings is 1. The first-order valence-electron chi connectivity index (χ1n) is 7.25. The zero-order valence-corrected chi connectivity index (χ0v) is 11.6. The van der Waals surface area contributed by atoms with E-state index >= 15 is 0 Å². The second-order valence-corrected chi connectivity index (χ2v) is 5.51. The number of hydrogen-bond acceptors (Lipinski definition) is 4. The quantitative estimate of drug-likeness (QED) is 0.789. The number of benzene rings is 1. The first-order valence-corrected chi connectivity index (χ1v) is 7.25. The molecule has 2 aliphatic rings. The molecule has 4 heteroatoms. The lowest BCUT2D eigenvalue weighted by Gasteiger charge is -2.25. The fraction of sp³-hybridized carbons (Fsp3) is 0.500. The number of nitrogens with zero attached hydrogens (tertiary/aromatic N) is 1. The molecule has 0 N–H and O–H groups in total. The van der Waals surface area contributed by atoms with Gasteiger partial charge in [-0.2, -0.15) is 0 Å². The van der Waals surface area contributed by atoms with Gasteiger partial charge in [-0.3, -0.25) is 14.5 Å². The standard InChI is InChI=1S/C16H19NO3/c18-14-5-7-17(8-6-14)11-15(19)12-3-4-16-13(10-12)2-1-9-20-16/h3-4,10H,1-2,5-9,11H2. The predicted octanol–water partition coefficient (Wildman–Crippen LogP) is 1.86. The van der Waals surface area contributed by atoms with Crippen molar-refractivity contribution in [2.75, 3.05) is 26.2 Å². The molecule has 0 atom stereocenters. The maximum Gasteiger partial charge on any atom is 0.176 e. The number of aryl methyl sites for hydroxylation is 1. The van der Waals surface area contributed by atoms with Gasteiger partial charge in [0, 0.05) is 31.5 Å². The van der Waals surface area contributed by atoms with Crippen molar-refractivity contribution >= 4 is 11.6 Å². The Morgan fingerprint density at radius 2 is 2.00 bits per heavy atom. The lowest BCUT2D eigenvalue weighted by atomic mass is 10.0. The number of ketones is 2. The van der Waals surface area contributed by atoms with Crippen molar-refractivity contribution in [3.63, 3.8) is 0 Å². The van der Waals surface area contributed by atoms with Crippen LogP contribution in [0.1, 0.15) is 35.2 Å². The molecule has 0 radical (unpaired) electrons. The summed E-state index contributed by atoms with van der Waals surface area (Å²) in [5.74, 6) is 1.35. The highest BCUT2D eigenvalue weighted by Crippen LogP contribution is 2.25. The Morgan fingerprint density at radius 1 is 1.20 bits per heavy atom. The minimum Gasteiger partial charge on any atom is -0.493 e. The van der Waals surface area contributed by atoms with Gasteiger partial charge in [-0.1, -0.05) is 0 Å². The Morgan fingerprint density at radius 3 is 2.80 bits per heavy atom. The van der Waals surface area contributed by atoms with Crippen molar-refractivity contribution in [1.29, 1.82) is 0 Å². The lowest BCUT2D eigenvalue weighted by molar-refractivity contribution is -0.121. The highest BCUT2D eigenvalue weighted by molar-refractivity contribution is 5.98. The van der Waals surface area contributed by atoms with Gasteiger partial charge in [0.25, 0.3) is 0 Å². The summed E-state index contributed by atoms with van der Waals surface area (Å²) in [5.41, 5.74) is 1.89. The van der Waals surface area contributed by atoms with Crippen LogP contribution in [0.5, 0.6) is 5.75 Å². The van der Waals surface area contributed by atoms with E-state index in [2.05, 4.69) is 4.90 Å². The van der Waals surface area contributed by atoms with Crippen LogP contribution >= 0.6 is 0 Å². The van der Waals surface area contributed by atoms with Gasteiger partial charge in [0.1, 0.15) is 11.5 Å². The summed E-state index contributed by atoms with van der Waals surface area (Å²) in [5, 5.41) is 0. The molecule has 0 saturated carbocycles. The summed E-state index contributed by atoms with van der Waals surface area (Å²) in [4.78, 5) is 25.6. The van der Waals surface area contributed by atoms with Crippen molar-refractivity contribution in [2.45, 2.75) is 25.7 Å². The van der Waals surface area contributed by atoms with Gasteiger partial charge in [0.15, 0.2) is 5.78 Å². The predicted molar refractivity (Wildman–Crippen MR) is 75.3 cm³/mol. The van der Waals surface area contributed by atoms with Crippen LogP contribution < -0.4 is 4.74 Å². The SMILES string of the molecule is O=C1CCN(CC(=O)c2ccc3c(c2)CCCO3)CC1. The minimum atomic E-state index is 0.132. The summed E-state index contributed by atoms with van der Waals surface area (Å²) >= 11 is 0. The van der Waals surface area contributed by atoms with Crippen LogP contribution in [0.3, 0.4) is 0 Å². The number of fused-ring (bicyclic) bond motifs is 1. The average molecular weight is 273 g/mol. The largest absolute Gasteiger partial charge is 0.493 e. The molecule has 20 heavy (non-hydrogen) atoms. The molecule has 2 aliphatic heterocycles. The van der Waals surface area contributed by atoms with Gasteiger partial charge in [-0.05, 0) is 36.6 Å². The van der Waals surface area contributed by atoms with Gasteiger partial charge in [0.05, 0.1) is 13.2 Å². The third-order valence-corrected chi connectivity index (χ3v) is 4.01. The monoisotopic (exact) mass is 273 g/mol. The Labute approximate surface area is 118 Å². The van der Waals surface area contributed by atoms with E-state index in [9.17, 15) is 9.59 Å². The number of Topliss-reactive ketones (excluding diaryl/α,β-unsaturated/α-hetero) is 2. The Bertz CT molecular complexity index is 529. The van der Waals surface area contributed by atoms with Crippen LogP contribution in [0.25, 0.3) is 0 Å². The molecule has 0 aromatic heterocycles. The van der Waals surface area contributed by atoms with Gasteiger partial charge in [-0.15, -0.1) is 0 Å². The van der Waals surface area contributed by atoms with E-state index in [1.54, 1.807) is 0 Å². The van der Waals surface area contributed by atoms with E-state index in [1.807, 2.05) is 18.2 Å². The average Bonchev–Trinajstić information content (AvgIpc) is 2.49. The highest BCUT2D eigenvalue weighted by atomic mass is 16.5. The molecule has 0 bridgehead atoms. The highest BCUT2D eigenvalue weighted by Gasteiger charge is 2.20. The number of carbonyl (C=O) groups is 2. The molecule has 3 rings (SSSR count). The summed E-state index contributed by atoms with van der Waals surface area (Å²) < 4.78 is 5.56. The molecular weight excluding hydrogens is 254 g/mol. The minimum absolute atomic E-state index is 0.132. The molecule has 0 amide bonds. The zero-order valence-electron chi connectivity index (χ0n) is 11.6. The van der Waals surface area contributed by atoms with E-state index in [1.165, 1.54) is 0 Å². The van der Waals surface area contributed by atoms with Crippen molar-refractivity contribution in [1.82, 2.24) is 4.90 Å². The molecule has 0 unspecified atom stereocenters. The zero-order chi connectivity index (χ0) is 13.9. The van der Waals surface area contributed by atoms with Gasteiger partial charge in [0.2, 0.25) is 0 Å². The second kappa shape index (κ2) is 5.75. The van der Waals surface area contributed by atoms with Crippen molar-refractivity contribution in [3.8, 4) is 5.75 Å². The third kappa shape index (κ3) is 2.90. The third-order valence-electron chi connectivity index (χ3n) is 4.01. The fourth-order valence-corrected chi connectivity index (χ4v) is 2.79. The molecule has 2 heterocycles. The van der Waals surface area contributed by atoms with Crippen LogP contribution in [-0.4, -0.2) is 42.7 Å². The Hall–Kier alpha value is -1.68. The molecule has 1 saturated heterocycles. The number of rotatable bonds is 3. The van der Waals surface area contributed by atoms with Crippen molar-refractivity contribution < 1.29 is 14.3 Å². The van der Waals surface area contributed by atoms with Crippen LogP contribution in [-0.2, 0) is 11.2 Å². The molecule has 4 nitrogen and oxygen atoms in total. The summed E-state index contributed by atoms with van der Waals surface area (Å²) in [6.45, 7) is 2.59. The molecule has 1 aromatic rings. The molecule has 0 aliphatic carbocycles. The number of ether oxygens (including phenoxy) is 1. The molecule has 0 spiro atoms. The number of hydrogen-bond donors (Lipinski definition) is 0. The van der Waals surface area contributed by atoms with E-state index in [-0.39, 0.29) is 5.78 Å². The fourth-order valence-electron chi connectivity index (χ4n) is 2.79. The van der Waals surface area contributed by atoms with Crippen molar-refractivity contribution in [2.24, 2.45) is 0 Å². The number of likely N-dealkylation sites (tertiary alicyclic amines) is 1. The van der Waals surface area contributed by atoms with Crippen LogP contribution in [0.15, 0.2) is 18.2 Å². The first kappa shape index (κ1) is 13.3. The maximum atomic E-state index is 12.3. The van der Waals surface area contributed by atoms with Crippen LogP contribution in [0.4, 0.5) is 0 Å². The van der Waals surface area contributed by atoms with Crippen LogP contribution in [0, 0.1) is 0 Å². The molecule has 1 fully saturated rings. The first-order chi connectivity index (χ1) is 9.72. The topological polar surface area (TPSA) is 46.6 Å². The Balaban J connectivity index is 1.66. The van der Waals surface area contributed by atoms with E-state index in [4.69, 9.17) is 4.74 Å². The molecular formula is C16H19NO3. The van der Waals surface area contributed by atoms with Gasteiger partial charge < -0.3 is 4.74 Å². The van der Waals surface area contributed by atoms with Crippen molar-refractivity contribution in [3.05, 3.63) is 29.3 Å². The smallest absolute Gasteiger partial charge is 0.176 e. The Kier molecular flexibility index (Phi) is 3.83. The summed E-state index contributed by atoms with van der Waals surface area (Å²) in [6.07, 6.45) is 3.14. The van der Waals surface area contributed by atoms with Gasteiger partial charge in [-0.25, -0.2) is 0 Å².